The lowest BCUT2D eigenvalue weighted by molar-refractivity contribution is -0.160. The number of nitrogens with one attached hydrogen (secondary N) is 1. The second kappa shape index (κ2) is 9.46. The topological polar surface area (TPSA) is 84.9 Å². The van der Waals surface area contributed by atoms with Crippen LogP contribution in [0.2, 0.25) is 0 Å². The van der Waals surface area contributed by atoms with Gasteiger partial charge in [0.05, 0.1) is 25.1 Å². The molecule has 0 heterocycles. The maximum absolute atomic E-state index is 11.9. The molecule has 6 heteroatoms. The van der Waals surface area contributed by atoms with Gasteiger partial charge in [0, 0.05) is 7.05 Å². The van der Waals surface area contributed by atoms with E-state index in [9.17, 15) is 14.7 Å². The number of benzene rings is 1. The number of esters is 1. The number of carboxylic acids is 1. The van der Waals surface area contributed by atoms with Crippen molar-refractivity contribution in [3.8, 4) is 5.75 Å². The van der Waals surface area contributed by atoms with Crippen LogP contribution in [0.1, 0.15) is 51.2 Å². The molecule has 1 aromatic rings. The first-order chi connectivity index (χ1) is 12.1. The average Bonchev–Trinajstić information content (AvgIpc) is 2.51. The number of hydrogen-bond acceptors (Lipinski definition) is 5. The summed E-state index contributed by atoms with van der Waals surface area (Å²) in [6, 6.07) is 4.03. The van der Waals surface area contributed by atoms with Crippen LogP contribution in [0.4, 0.5) is 5.69 Å². The van der Waals surface area contributed by atoms with Crippen molar-refractivity contribution in [2.45, 2.75) is 59.0 Å². The highest BCUT2D eigenvalue weighted by molar-refractivity contribution is 5.78. The maximum Gasteiger partial charge on any atom is 0.307 e. The summed E-state index contributed by atoms with van der Waals surface area (Å²) in [6.07, 6.45) is 1.71. The molecule has 1 aromatic carbocycles. The van der Waals surface area contributed by atoms with E-state index in [0.717, 1.165) is 29.0 Å². The van der Waals surface area contributed by atoms with Gasteiger partial charge in [-0.3, -0.25) is 9.59 Å². The molecule has 0 saturated heterocycles. The van der Waals surface area contributed by atoms with Gasteiger partial charge in [0.1, 0.15) is 11.4 Å². The summed E-state index contributed by atoms with van der Waals surface area (Å²) in [7, 11) is 3.47. The van der Waals surface area contributed by atoms with E-state index in [1.54, 1.807) is 27.9 Å². The number of ether oxygens (including phenoxy) is 2. The SMILES string of the molecule is CNc1c(C)cc(CCCC(CC(=O)OC(C)(C)C)C(=O)O)cc1OC. The molecule has 0 aliphatic rings. The standard InChI is InChI=1S/C20H31NO5/c1-13-10-14(11-16(25-6)18(13)21-5)8-7-9-15(19(23)24)12-17(22)26-20(2,3)4/h10-11,15,21H,7-9,12H2,1-6H3,(H,23,24). The molecule has 0 aromatic heterocycles. The maximum atomic E-state index is 11.9. The van der Waals surface area contributed by atoms with Gasteiger partial charge in [-0.2, -0.15) is 0 Å². The molecule has 1 atom stereocenters. The Labute approximate surface area is 155 Å². The van der Waals surface area contributed by atoms with Crippen molar-refractivity contribution in [2.24, 2.45) is 5.92 Å². The third kappa shape index (κ3) is 6.94. The molecule has 2 N–H and O–H groups in total. The lowest BCUT2D eigenvalue weighted by atomic mass is 9.96. The van der Waals surface area contributed by atoms with Gasteiger partial charge < -0.3 is 19.9 Å². The van der Waals surface area contributed by atoms with E-state index in [1.807, 2.05) is 20.0 Å². The molecule has 1 unspecified atom stereocenters. The van der Waals surface area contributed by atoms with Gasteiger partial charge in [-0.05, 0) is 64.2 Å². The summed E-state index contributed by atoms with van der Waals surface area (Å²) >= 11 is 0. The Hall–Kier alpha value is -2.24. The van der Waals surface area contributed by atoms with Crippen LogP contribution in [0.3, 0.4) is 0 Å². The van der Waals surface area contributed by atoms with Crippen molar-refractivity contribution in [3.63, 3.8) is 0 Å². The summed E-state index contributed by atoms with van der Waals surface area (Å²) in [6.45, 7) is 7.31. The van der Waals surface area contributed by atoms with Crippen LogP contribution in [-0.4, -0.2) is 36.8 Å². The number of aryl methyl sites for hydroxylation is 2. The van der Waals surface area contributed by atoms with Crippen molar-refractivity contribution in [1.82, 2.24) is 0 Å². The minimum Gasteiger partial charge on any atom is -0.495 e. The number of carbonyl (C=O) groups is 2. The molecular weight excluding hydrogens is 334 g/mol. The number of hydrogen-bond donors (Lipinski definition) is 2. The number of rotatable bonds is 9. The molecule has 0 fully saturated rings. The Balaban J connectivity index is 2.67. The zero-order valence-corrected chi connectivity index (χ0v) is 16.6. The molecule has 0 spiro atoms. The third-order valence-corrected chi connectivity index (χ3v) is 4.03. The first-order valence-corrected chi connectivity index (χ1v) is 8.87. The van der Waals surface area contributed by atoms with Gasteiger partial charge in [0.2, 0.25) is 0 Å². The average molecular weight is 365 g/mol. The fourth-order valence-corrected chi connectivity index (χ4v) is 2.90. The summed E-state index contributed by atoms with van der Waals surface area (Å²) in [5, 5.41) is 12.5. The molecule has 6 nitrogen and oxygen atoms in total. The van der Waals surface area contributed by atoms with Crippen LogP contribution in [-0.2, 0) is 20.7 Å². The van der Waals surface area contributed by atoms with E-state index < -0.39 is 23.5 Å². The minimum absolute atomic E-state index is 0.104. The van der Waals surface area contributed by atoms with E-state index >= 15 is 0 Å². The molecular formula is C20H31NO5. The Morgan fingerprint density at radius 3 is 2.42 bits per heavy atom. The lowest BCUT2D eigenvalue weighted by Gasteiger charge is -2.21. The molecule has 0 bridgehead atoms. The summed E-state index contributed by atoms with van der Waals surface area (Å²) in [5.74, 6) is -1.40. The number of carbonyl (C=O) groups excluding carboxylic acids is 1. The fraction of sp³-hybridized carbons (Fsp3) is 0.600. The van der Waals surface area contributed by atoms with E-state index in [0.29, 0.717) is 12.8 Å². The number of aliphatic carboxylic acids is 1. The Bertz CT molecular complexity index is 634. The van der Waals surface area contributed by atoms with Crippen LogP contribution >= 0.6 is 0 Å². The predicted octanol–water partition coefficient (Wildman–Crippen LogP) is 3.80. The Morgan fingerprint density at radius 1 is 1.27 bits per heavy atom. The minimum atomic E-state index is -0.963. The molecule has 0 radical (unpaired) electrons. The smallest absolute Gasteiger partial charge is 0.307 e. The molecule has 26 heavy (non-hydrogen) atoms. The van der Waals surface area contributed by atoms with E-state index in [-0.39, 0.29) is 6.42 Å². The van der Waals surface area contributed by atoms with Gasteiger partial charge >= 0.3 is 11.9 Å². The first kappa shape index (κ1) is 21.8. The van der Waals surface area contributed by atoms with Crippen molar-refractivity contribution in [2.75, 3.05) is 19.5 Å². The monoisotopic (exact) mass is 365 g/mol. The van der Waals surface area contributed by atoms with Gasteiger partial charge in [-0.15, -0.1) is 0 Å². The third-order valence-electron chi connectivity index (χ3n) is 4.03. The van der Waals surface area contributed by atoms with Crippen LogP contribution in [0.25, 0.3) is 0 Å². The van der Waals surface area contributed by atoms with Gasteiger partial charge in [-0.25, -0.2) is 0 Å². The van der Waals surface area contributed by atoms with Crippen LogP contribution in [0, 0.1) is 12.8 Å². The normalized spacial score (nSPS) is 12.4. The quantitative estimate of drug-likeness (QED) is 0.648. The van der Waals surface area contributed by atoms with Crippen LogP contribution in [0.5, 0.6) is 5.75 Å². The summed E-state index contributed by atoms with van der Waals surface area (Å²) in [4.78, 5) is 23.3. The number of anilines is 1. The van der Waals surface area contributed by atoms with Gasteiger partial charge in [0.25, 0.3) is 0 Å². The highest BCUT2D eigenvalue weighted by Gasteiger charge is 2.24. The van der Waals surface area contributed by atoms with Gasteiger partial charge in [0.15, 0.2) is 0 Å². The lowest BCUT2D eigenvalue weighted by Crippen LogP contribution is -2.27. The zero-order chi connectivity index (χ0) is 19.9. The first-order valence-electron chi connectivity index (χ1n) is 8.87. The Morgan fingerprint density at radius 2 is 1.92 bits per heavy atom. The second-order valence-electron chi connectivity index (χ2n) is 7.46. The summed E-state index contributed by atoms with van der Waals surface area (Å²) in [5.41, 5.74) is 2.50. The van der Waals surface area contributed by atoms with Crippen molar-refractivity contribution in [3.05, 3.63) is 23.3 Å². The molecule has 146 valence electrons. The second-order valence-corrected chi connectivity index (χ2v) is 7.46. The van der Waals surface area contributed by atoms with E-state index in [2.05, 4.69) is 11.4 Å². The van der Waals surface area contributed by atoms with Gasteiger partial charge in [-0.1, -0.05) is 6.07 Å². The van der Waals surface area contributed by atoms with E-state index in [1.165, 1.54) is 0 Å². The van der Waals surface area contributed by atoms with Crippen molar-refractivity contribution >= 4 is 17.6 Å². The molecule has 0 aliphatic carbocycles. The molecule has 0 saturated carbocycles. The molecule has 1 rings (SSSR count). The number of methoxy groups -OCH3 is 1. The molecule has 0 amide bonds. The summed E-state index contributed by atoms with van der Waals surface area (Å²) < 4.78 is 10.6. The van der Waals surface area contributed by atoms with Crippen molar-refractivity contribution < 1.29 is 24.2 Å². The highest BCUT2D eigenvalue weighted by Crippen LogP contribution is 2.30. The fourth-order valence-electron chi connectivity index (χ4n) is 2.90. The number of carboxylic acid groups (broad SMARTS) is 1. The Kier molecular flexibility index (Phi) is 7.93. The van der Waals surface area contributed by atoms with Crippen LogP contribution in [0.15, 0.2) is 12.1 Å². The largest absolute Gasteiger partial charge is 0.495 e. The highest BCUT2D eigenvalue weighted by atomic mass is 16.6. The van der Waals surface area contributed by atoms with Crippen molar-refractivity contribution in [1.29, 1.82) is 0 Å². The predicted molar refractivity (Wildman–Crippen MR) is 102 cm³/mol. The van der Waals surface area contributed by atoms with Crippen LogP contribution < -0.4 is 10.1 Å². The zero-order valence-electron chi connectivity index (χ0n) is 16.6. The van der Waals surface area contributed by atoms with E-state index in [4.69, 9.17) is 9.47 Å². The molecule has 0 aliphatic heterocycles.